The van der Waals surface area contributed by atoms with Gasteiger partial charge in [0.1, 0.15) is 6.04 Å². The summed E-state index contributed by atoms with van der Waals surface area (Å²) in [4.78, 5) is 12.3. The van der Waals surface area contributed by atoms with E-state index in [4.69, 9.17) is 0 Å². The van der Waals surface area contributed by atoms with Gasteiger partial charge in [0, 0.05) is 6.54 Å². The molecule has 4 nitrogen and oxygen atoms in total. The Labute approximate surface area is 114 Å². The molecule has 1 heterocycles. The van der Waals surface area contributed by atoms with Crippen LogP contribution in [0.5, 0.6) is 0 Å². The molecule has 1 aromatic carbocycles. The lowest BCUT2D eigenvalue weighted by molar-refractivity contribution is -0.124. The molecule has 0 aromatic heterocycles. The van der Waals surface area contributed by atoms with Gasteiger partial charge >= 0.3 is 0 Å². The zero-order valence-electron chi connectivity index (χ0n) is 11.5. The summed E-state index contributed by atoms with van der Waals surface area (Å²) >= 11 is 0. The minimum absolute atomic E-state index is 0.0300. The first-order chi connectivity index (χ1) is 9.13. The molecule has 3 N–H and O–H groups in total. The number of nitrogens with one attached hydrogen (secondary N) is 2. The molecule has 1 aliphatic rings. The second-order valence-electron chi connectivity index (χ2n) is 5.38. The van der Waals surface area contributed by atoms with Gasteiger partial charge in [-0.2, -0.15) is 0 Å². The monoisotopic (exact) mass is 262 g/mol. The fraction of sp³-hybridized carbons (Fsp3) is 0.533. The second-order valence-corrected chi connectivity index (χ2v) is 5.38. The summed E-state index contributed by atoms with van der Waals surface area (Å²) < 4.78 is 0. The quantitative estimate of drug-likeness (QED) is 0.759. The van der Waals surface area contributed by atoms with E-state index in [1.807, 2.05) is 32.0 Å². The second kappa shape index (κ2) is 6.17. The van der Waals surface area contributed by atoms with Crippen molar-refractivity contribution in [3.8, 4) is 0 Å². The molecule has 0 bridgehead atoms. The van der Waals surface area contributed by atoms with Crippen LogP contribution in [0.3, 0.4) is 0 Å². The van der Waals surface area contributed by atoms with E-state index < -0.39 is 0 Å². The van der Waals surface area contributed by atoms with Gasteiger partial charge in [-0.25, -0.2) is 0 Å². The van der Waals surface area contributed by atoms with Crippen molar-refractivity contribution < 1.29 is 9.90 Å². The fourth-order valence-electron chi connectivity index (χ4n) is 2.43. The molecule has 0 spiro atoms. The normalized spacial score (nSPS) is 19.9. The highest BCUT2D eigenvalue weighted by molar-refractivity contribution is 5.84. The van der Waals surface area contributed by atoms with Crippen LogP contribution in [0.1, 0.15) is 31.0 Å². The fourth-order valence-corrected chi connectivity index (χ4v) is 2.43. The van der Waals surface area contributed by atoms with Crippen molar-refractivity contribution >= 4 is 5.91 Å². The van der Waals surface area contributed by atoms with Gasteiger partial charge in [0.15, 0.2) is 0 Å². The number of aliphatic hydroxyl groups excluding tert-OH is 1. The Morgan fingerprint density at radius 2 is 2.21 bits per heavy atom. The van der Waals surface area contributed by atoms with Crippen molar-refractivity contribution in [3.05, 3.63) is 35.4 Å². The highest BCUT2D eigenvalue weighted by atomic mass is 16.3. The summed E-state index contributed by atoms with van der Waals surface area (Å²) in [6, 6.07) is 7.53. The molecule has 1 aliphatic heterocycles. The van der Waals surface area contributed by atoms with Crippen LogP contribution in [0.25, 0.3) is 0 Å². The third kappa shape index (κ3) is 3.14. The molecule has 104 valence electrons. The molecule has 0 aliphatic carbocycles. The van der Waals surface area contributed by atoms with E-state index in [0.717, 1.165) is 18.5 Å². The van der Waals surface area contributed by atoms with E-state index in [9.17, 15) is 9.90 Å². The molecule has 0 saturated carbocycles. The number of benzene rings is 1. The average molecular weight is 262 g/mol. The Morgan fingerprint density at radius 1 is 1.47 bits per heavy atom. The number of rotatable bonds is 4. The van der Waals surface area contributed by atoms with Crippen LogP contribution in [0.15, 0.2) is 24.3 Å². The zero-order chi connectivity index (χ0) is 13.8. The van der Waals surface area contributed by atoms with E-state index in [-0.39, 0.29) is 30.5 Å². The molecule has 1 aromatic rings. The van der Waals surface area contributed by atoms with Crippen molar-refractivity contribution in [2.75, 3.05) is 13.2 Å². The first kappa shape index (κ1) is 14.0. The molecule has 2 atom stereocenters. The van der Waals surface area contributed by atoms with Gasteiger partial charge in [-0.3, -0.25) is 4.79 Å². The highest BCUT2D eigenvalue weighted by Gasteiger charge is 2.27. The molecular formula is C15H22N2O2. The number of carbonyl (C=O) groups excluding carboxylic acids is 1. The maximum atomic E-state index is 12.3. The zero-order valence-corrected chi connectivity index (χ0v) is 11.5. The first-order valence-electron chi connectivity index (χ1n) is 6.86. The number of fused-ring (bicyclic) bond motifs is 1. The molecule has 0 saturated heterocycles. The van der Waals surface area contributed by atoms with Crippen LogP contribution in [-0.2, 0) is 11.2 Å². The molecule has 2 rings (SSSR count). The molecule has 19 heavy (non-hydrogen) atoms. The number of aliphatic hydroxyl groups is 1. The van der Waals surface area contributed by atoms with Gasteiger partial charge in [0.2, 0.25) is 5.91 Å². The summed E-state index contributed by atoms with van der Waals surface area (Å²) in [5.41, 5.74) is 2.28. The van der Waals surface area contributed by atoms with Crippen LogP contribution in [-0.4, -0.2) is 30.2 Å². The van der Waals surface area contributed by atoms with Crippen LogP contribution in [0, 0.1) is 5.92 Å². The standard InChI is InChI=1S/C15H22N2O2/c1-10(2)13(9-18)17-15(19)14-12-6-4-3-5-11(12)7-8-16-14/h3-6,10,13-14,16,18H,7-9H2,1-2H3,(H,17,19). The highest BCUT2D eigenvalue weighted by Crippen LogP contribution is 2.22. The van der Waals surface area contributed by atoms with Crippen molar-refractivity contribution in [3.63, 3.8) is 0 Å². The largest absolute Gasteiger partial charge is 0.394 e. The molecule has 4 heteroatoms. The van der Waals surface area contributed by atoms with E-state index >= 15 is 0 Å². The Hall–Kier alpha value is -1.39. The Bertz CT molecular complexity index is 446. The molecule has 2 unspecified atom stereocenters. The van der Waals surface area contributed by atoms with E-state index in [2.05, 4.69) is 16.7 Å². The summed E-state index contributed by atoms with van der Waals surface area (Å²) in [6.45, 7) is 4.76. The van der Waals surface area contributed by atoms with Crippen LogP contribution in [0.2, 0.25) is 0 Å². The minimum atomic E-state index is -0.308. The van der Waals surface area contributed by atoms with Crippen molar-refractivity contribution in [1.82, 2.24) is 10.6 Å². The Morgan fingerprint density at radius 3 is 2.89 bits per heavy atom. The van der Waals surface area contributed by atoms with Gasteiger partial charge in [-0.15, -0.1) is 0 Å². The average Bonchev–Trinajstić information content (AvgIpc) is 2.43. The summed E-state index contributed by atoms with van der Waals surface area (Å²) in [7, 11) is 0. The first-order valence-corrected chi connectivity index (χ1v) is 6.86. The van der Waals surface area contributed by atoms with Gasteiger partial charge < -0.3 is 15.7 Å². The van der Waals surface area contributed by atoms with Gasteiger partial charge in [-0.1, -0.05) is 38.1 Å². The SMILES string of the molecule is CC(C)C(CO)NC(=O)C1NCCc2ccccc21. The maximum absolute atomic E-state index is 12.3. The van der Waals surface area contributed by atoms with Crippen molar-refractivity contribution in [2.45, 2.75) is 32.4 Å². The lowest BCUT2D eigenvalue weighted by Gasteiger charge is -2.28. The van der Waals surface area contributed by atoms with Gasteiger partial charge in [0.05, 0.1) is 12.6 Å². The van der Waals surface area contributed by atoms with E-state index in [1.165, 1.54) is 5.56 Å². The minimum Gasteiger partial charge on any atom is -0.394 e. The third-order valence-corrected chi connectivity index (χ3v) is 3.70. The molecule has 0 radical (unpaired) electrons. The van der Waals surface area contributed by atoms with Gasteiger partial charge in [0.25, 0.3) is 0 Å². The summed E-state index contributed by atoms with van der Waals surface area (Å²) in [5, 5.41) is 15.5. The van der Waals surface area contributed by atoms with Crippen LogP contribution >= 0.6 is 0 Å². The van der Waals surface area contributed by atoms with Crippen LogP contribution < -0.4 is 10.6 Å². The predicted octanol–water partition coefficient (Wildman–Crippen LogP) is 1.01. The molecule has 1 amide bonds. The Kier molecular flexibility index (Phi) is 4.56. The van der Waals surface area contributed by atoms with Crippen LogP contribution in [0.4, 0.5) is 0 Å². The van der Waals surface area contributed by atoms with Crippen molar-refractivity contribution in [1.29, 1.82) is 0 Å². The summed E-state index contributed by atoms with van der Waals surface area (Å²) in [5.74, 6) is 0.160. The Balaban J connectivity index is 2.12. The molecular weight excluding hydrogens is 240 g/mol. The lowest BCUT2D eigenvalue weighted by Crippen LogP contribution is -2.48. The number of hydrogen-bond donors (Lipinski definition) is 3. The molecule has 0 fully saturated rings. The number of hydrogen-bond acceptors (Lipinski definition) is 3. The number of carbonyl (C=O) groups is 1. The smallest absolute Gasteiger partial charge is 0.242 e. The maximum Gasteiger partial charge on any atom is 0.242 e. The lowest BCUT2D eigenvalue weighted by atomic mass is 9.93. The van der Waals surface area contributed by atoms with Crippen molar-refractivity contribution in [2.24, 2.45) is 5.92 Å². The third-order valence-electron chi connectivity index (χ3n) is 3.70. The van der Waals surface area contributed by atoms with E-state index in [0.29, 0.717) is 0 Å². The van der Waals surface area contributed by atoms with Gasteiger partial charge in [-0.05, 0) is 23.5 Å². The number of amides is 1. The summed E-state index contributed by atoms with van der Waals surface area (Å²) in [6.07, 6.45) is 0.952. The topological polar surface area (TPSA) is 61.4 Å². The van der Waals surface area contributed by atoms with E-state index in [1.54, 1.807) is 0 Å². The predicted molar refractivity (Wildman–Crippen MR) is 74.7 cm³/mol.